The van der Waals surface area contributed by atoms with Gasteiger partial charge in [0.15, 0.2) is 0 Å². The van der Waals surface area contributed by atoms with Crippen molar-refractivity contribution in [1.82, 2.24) is 5.32 Å². The predicted octanol–water partition coefficient (Wildman–Crippen LogP) is 2.13. The molecule has 4 heteroatoms. The zero-order valence-corrected chi connectivity index (χ0v) is 10.7. The van der Waals surface area contributed by atoms with E-state index in [0.717, 1.165) is 18.4 Å². The first-order valence-electron chi connectivity index (χ1n) is 6.23. The maximum Gasteiger partial charge on any atom is 0.237 e. The first-order chi connectivity index (χ1) is 8.40. The van der Waals surface area contributed by atoms with Gasteiger partial charge in [-0.2, -0.15) is 0 Å². The first kappa shape index (κ1) is 13.0. The molecular formula is C14H19FN2O. The van der Waals surface area contributed by atoms with E-state index >= 15 is 0 Å². The lowest BCUT2D eigenvalue weighted by atomic mass is 9.96. The minimum absolute atomic E-state index is 0.0631. The molecule has 1 aliphatic carbocycles. The molecule has 1 fully saturated rings. The monoisotopic (exact) mass is 250 g/mol. The van der Waals surface area contributed by atoms with Gasteiger partial charge in [-0.25, -0.2) is 4.39 Å². The van der Waals surface area contributed by atoms with Gasteiger partial charge >= 0.3 is 0 Å². The number of halogens is 1. The third-order valence-electron chi connectivity index (χ3n) is 3.45. The maximum absolute atomic E-state index is 12.9. The lowest BCUT2D eigenvalue weighted by molar-refractivity contribution is -0.123. The van der Waals surface area contributed by atoms with Gasteiger partial charge in [0.1, 0.15) is 5.82 Å². The second-order valence-electron chi connectivity index (χ2n) is 5.50. The third kappa shape index (κ3) is 2.88. The molecule has 0 bridgehead atoms. The minimum Gasteiger partial charge on any atom is -0.368 e. The summed E-state index contributed by atoms with van der Waals surface area (Å²) >= 11 is 0. The van der Waals surface area contributed by atoms with Crippen LogP contribution in [-0.2, 0) is 4.79 Å². The number of hydrogen-bond acceptors (Lipinski definition) is 2. The Morgan fingerprint density at radius 2 is 1.94 bits per heavy atom. The molecule has 0 heterocycles. The lowest BCUT2D eigenvalue weighted by Gasteiger charge is -2.29. The Balaban J connectivity index is 2.19. The van der Waals surface area contributed by atoms with Crippen LogP contribution in [0.2, 0.25) is 0 Å². The van der Waals surface area contributed by atoms with Crippen molar-refractivity contribution in [3.05, 3.63) is 35.6 Å². The molecule has 1 saturated carbocycles. The fraction of sp³-hybridized carbons (Fsp3) is 0.500. The van der Waals surface area contributed by atoms with Crippen molar-refractivity contribution in [1.29, 1.82) is 0 Å². The molecule has 98 valence electrons. The SMILES string of the molecule is CC(C)(NC(c1ccc(F)cc1)C1CC1)C(N)=O. The summed E-state index contributed by atoms with van der Waals surface area (Å²) in [6.45, 7) is 3.54. The van der Waals surface area contributed by atoms with Crippen molar-refractivity contribution in [3.8, 4) is 0 Å². The zero-order chi connectivity index (χ0) is 13.3. The van der Waals surface area contributed by atoms with Gasteiger partial charge in [0.25, 0.3) is 0 Å². The van der Waals surface area contributed by atoms with Crippen molar-refractivity contribution in [3.63, 3.8) is 0 Å². The van der Waals surface area contributed by atoms with Gasteiger partial charge in [-0.1, -0.05) is 12.1 Å². The van der Waals surface area contributed by atoms with E-state index in [0.29, 0.717) is 5.92 Å². The normalized spacial score (nSPS) is 17.5. The summed E-state index contributed by atoms with van der Waals surface area (Å²) in [6, 6.07) is 6.49. The molecule has 1 amide bonds. The van der Waals surface area contributed by atoms with Gasteiger partial charge in [-0.05, 0) is 50.3 Å². The molecule has 3 nitrogen and oxygen atoms in total. The minimum atomic E-state index is -0.762. The van der Waals surface area contributed by atoms with Crippen molar-refractivity contribution in [2.45, 2.75) is 38.3 Å². The van der Waals surface area contributed by atoms with Crippen LogP contribution in [0.25, 0.3) is 0 Å². The quantitative estimate of drug-likeness (QED) is 0.841. The highest BCUT2D eigenvalue weighted by Crippen LogP contribution is 2.41. The third-order valence-corrected chi connectivity index (χ3v) is 3.45. The number of nitrogens with two attached hydrogens (primary N) is 1. The highest BCUT2D eigenvalue weighted by Gasteiger charge is 2.37. The first-order valence-corrected chi connectivity index (χ1v) is 6.23. The Labute approximate surface area is 107 Å². The van der Waals surface area contributed by atoms with Crippen LogP contribution in [0, 0.1) is 11.7 Å². The molecule has 0 spiro atoms. The van der Waals surface area contributed by atoms with Crippen LogP contribution in [0.15, 0.2) is 24.3 Å². The van der Waals surface area contributed by atoms with Crippen LogP contribution in [0.1, 0.15) is 38.3 Å². The predicted molar refractivity (Wildman–Crippen MR) is 68.3 cm³/mol. The van der Waals surface area contributed by atoms with Crippen LogP contribution < -0.4 is 11.1 Å². The van der Waals surface area contributed by atoms with E-state index in [1.807, 2.05) is 0 Å². The van der Waals surface area contributed by atoms with Gasteiger partial charge in [-0.3, -0.25) is 10.1 Å². The number of hydrogen-bond donors (Lipinski definition) is 2. The van der Waals surface area contributed by atoms with Crippen LogP contribution in [-0.4, -0.2) is 11.4 Å². The molecule has 0 aromatic heterocycles. The van der Waals surface area contributed by atoms with Crippen molar-refractivity contribution in [2.24, 2.45) is 11.7 Å². The molecule has 1 unspecified atom stereocenters. The molecule has 1 aliphatic rings. The molecule has 1 atom stereocenters. The van der Waals surface area contributed by atoms with E-state index in [9.17, 15) is 9.18 Å². The topological polar surface area (TPSA) is 55.1 Å². The fourth-order valence-corrected chi connectivity index (χ4v) is 2.03. The highest BCUT2D eigenvalue weighted by molar-refractivity contribution is 5.83. The van der Waals surface area contributed by atoms with E-state index in [-0.39, 0.29) is 17.8 Å². The number of carbonyl (C=O) groups excluding carboxylic acids is 1. The summed E-state index contributed by atoms with van der Waals surface area (Å²) in [5.74, 6) is -0.119. The van der Waals surface area contributed by atoms with E-state index in [4.69, 9.17) is 5.73 Å². The summed E-state index contributed by atoms with van der Waals surface area (Å²) in [6.07, 6.45) is 2.26. The average molecular weight is 250 g/mol. The second kappa shape index (κ2) is 4.69. The molecular weight excluding hydrogens is 231 g/mol. The van der Waals surface area contributed by atoms with E-state index in [1.54, 1.807) is 26.0 Å². The highest BCUT2D eigenvalue weighted by atomic mass is 19.1. The maximum atomic E-state index is 12.9. The summed E-state index contributed by atoms with van der Waals surface area (Å²) in [7, 11) is 0. The van der Waals surface area contributed by atoms with Crippen LogP contribution in [0.5, 0.6) is 0 Å². The summed E-state index contributed by atoms with van der Waals surface area (Å²) < 4.78 is 12.9. The molecule has 3 N–H and O–H groups in total. The second-order valence-corrected chi connectivity index (χ2v) is 5.50. The number of nitrogens with one attached hydrogen (secondary N) is 1. The largest absolute Gasteiger partial charge is 0.368 e. The van der Waals surface area contributed by atoms with Gasteiger partial charge in [0.2, 0.25) is 5.91 Å². The summed E-state index contributed by atoms with van der Waals surface area (Å²) in [5, 5.41) is 3.29. The zero-order valence-electron chi connectivity index (χ0n) is 10.7. The summed E-state index contributed by atoms with van der Waals surface area (Å²) in [5.41, 5.74) is 5.63. The lowest BCUT2D eigenvalue weighted by Crippen LogP contribution is -2.52. The average Bonchev–Trinajstić information content (AvgIpc) is 3.11. The van der Waals surface area contributed by atoms with Gasteiger partial charge in [0, 0.05) is 6.04 Å². The summed E-state index contributed by atoms with van der Waals surface area (Å²) in [4.78, 5) is 11.4. The molecule has 0 aliphatic heterocycles. The van der Waals surface area contributed by atoms with E-state index in [2.05, 4.69) is 5.32 Å². The Morgan fingerprint density at radius 1 is 1.39 bits per heavy atom. The number of benzene rings is 1. The van der Waals surface area contributed by atoms with Gasteiger partial charge < -0.3 is 5.73 Å². The Bertz CT molecular complexity index is 438. The molecule has 18 heavy (non-hydrogen) atoms. The number of primary amides is 1. The molecule has 0 saturated heterocycles. The number of carbonyl (C=O) groups is 1. The van der Waals surface area contributed by atoms with Crippen LogP contribution >= 0.6 is 0 Å². The Morgan fingerprint density at radius 3 is 2.39 bits per heavy atom. The number of rotatable bonds is 5. The fourth-order valence-electron chi connectivity index (χ4n) is 2.03. The van der Waals surface area contributed by atoms with Gasteiger partial charge in [0.05, 0.1) is 5.54 Å². The van der Waals surface area contributed by atoms with Crippen LogP contribution in [0.4, 0.5) is 4.39 Å². The van der Waals surface area contributed by atoms with E-state index in [1.165, 1.54) is 12.1 Å². The van der Waals surface area contributed by atoms with E-state index < -0.39 is 5.54 Å². The number of amides is 1. The smallest absolute Gasteiger partial charge is 0.237 e. The molecule has 2 rings (SSSR count). The van der Waals surface area contributed by atoms with Crippen molar-refractivity contribution >= 4 is 5.91 Å². The molecule has 0 radical (unpaired) electrons. The molecule has 1 aromatic carbocycles. The van der Waals surface area contributed by atoms with Gasteiger partial charge in [-0.15, -0.1) is 0 Å². The molecule has 1 aromatic rings. The Hall–Kier alpha value is -1.42. The van der Waals surface area contributed by atoms with Crippen LogP contribution in [0.3, 0.4) is 0 Å². The Kier molecular flexibility index (Phi) is 3.39. The standard InChI is InChI=1S/C14H19FN2O/c1-14(2,13(16)18)17-12(9-3-4-9)10-5-7-11(15)8-6-10/h5-9,12,17H,3-4H2,1-2H3,(H2,16,18). The van der Waals surface area contributed by atoms with Crippen molar-refractivity contribution < 1.29 is 9.18 Å². The van der Waals surface area contributed by atoms with Crippen molar-refractivity contribution in [2.75, 3.05) is 0 Å².